The predicted molar refractivity (Wildman–Crippen MR) is 92.3 cm³/mol. The zero-order valence-electron chi connectivity index (χ0n) is 13.5. The smallest absolute Gasteiger partial charge is 0.125 e. The van der Waals surface area contributed by atoms with Crippen LogP contribution < -0.4 is 4.74 Å². The molecule has 0 aliphatic heterocycles. The van der Waals surface area contributed by atoms with Crippen LogP contribution in [0.1, 0.15) is 56.2 Å². The lowest BCUT2D eigenvalue weighted by Crippen LogP contribution is -2.12. The Hall–Kier alpha value is -0.630. The van der Waals surface area contributed by atoms with Gasteiger partial charge < -0.3 is 4.74 Å². The molecule has 1 unspecified atom stereocenters. The first-order valence-corrected chi connectivity index (χ1v) is 8.59. The van der Waals surface area contributed by atoms with Gasteiger partial charge in [0.05, 0.1) is 6.61 Å². The van der Waals surface area contributed by atoms with E-state index in [1.165, 1.54) is 42.4 Å². The Labute approximate surface area is 130 Å². The fraction of sp³-hybridized carbons (Fsp3) is 0.667. The normalized spacial score (nSPS) is 12.4. The second kappa shape index (κ2) is 9.33. The van der Waals surface area contributed by atoms with Crippen LogP contribution in [-0.4, -0.2) is 12.4 Å². The lowest BCUT2D eigenvalue weighted by Gasteiger charge is -2.19. The summed E-state index contributed by atoms with van der Waals surface area (Å²) >= 11 is 4.31. The Morgan fingerprint density at radius 3 is 2.30 bits per heavy atom. The van der Waals surface area contributed by atoms with Crippen molar-refractivity contribution in [2.45, 2.75) is 59.8 Å². The van der Waals surface area contributed by atoms with E-state index < -0.39 is 0 Å². The monoisotopic (exact) mass is 294 g/mol. The van der Waals surface area contributed by atoms with Crippen molar-refractivity contribution in [2.75, 3.05) is 12.4 Å². The van der Waals surface area contributed by atoms with Crippen molar-refractivity contribution in [2.24, 2.45) is 5.92 Å². The van der Waals surface area contributed by atoms with Gasteiger partial charge in [0.15, 0.2) is 0 Å². The Bertz CT molecular complexity index is 377. The number of hydrogen-bond donors (Lipinski definition) is 1. The molecule has 2 heteroatoms. The highest BCUT2D eigenvalue weighted by Gasteiger charge is 2.10. The highest BCUT2D eigenvalue weighted by atomic mass is 32.1. The minimum Gasteiger partial charge on any atom is -0.493 e. The van der Waals surface area contributed by atoms with Crippen molar-refractivity contribution in [1.82, 2.24) is 0 Å². The number of hydrogen-bond acceptors (Lipinski definition) is 2. The minimum atomic E-state index is 0.686. The number of rotatable bonds is 9. The number of thiol groups is 1. The largest absolute Gasteiger partial charge is 0.493 e. The van der Waals surface area contributed by atoms with Crippen molar-refractivity contribution in [3.8, 4) is 5.75 Å². The van der Waals surface area contributed by atoms with E-state index in [1.54, 1.807) is 0 Å². The van der Waals surface area contributed by atoms with E-state index in [4.69, 9.17) is 4.74 Å². The molecule has 1 nitrogen and oxygen atoms in total. The van der Waals surface area contributed by atoms with Gasteiger partial charge in [0.2, 0.25) is 0 Å². The number of unbranched alkanes of at least 4 members (excludes halogenated alkanes) is 1. The molecule has 0 fully saturated rings. The van der Waals surface area contributed by atoms with Crippen LogP contribution in [-0.2, 0) is 6.42 Å². The predicted octanol–water partition coefficient (Wildman–Crippen LogP) is 5.37. The second-order valence-electron chi connectivity index (χ2n) is 5.76. The Kier molecular flexibility index (Phi) is 8.13. The van der Waals surface area contributed by atoms with E-state index in [1.807, 2.05) is 0 Å². The van der Waals surface area contributed by atoms with Gasteiger partial charge in [-0.2, -0.15) is 12.6 Å². The van der Waals surface area contributed by atoms with E-state index >= 15 is 0 Å². The van der Waals surface area contributed by atoms with E-state index in [0.29, 0.717) is 5.92 Å². The summed E-state index contributed by atoms with van der Waals surface area (Å²) in [5.74, 6) is 2.67. The highest BCUT2D eigenvalue weighted by Crippen LogP contribution is 2.26. The summed E-state index contributed by atoms with van der Waals surface area (Å²) in [7, 11) is 0. The molecule has 0 aromatic heterocycles. The zero-order chi connectivity index (χ0) is 15.0. The second-order valence-corrected chi connectivity index (χ2v) is 6.21. The third-order valence-electron chi connectivity index (χ3n) is 3.93. The van der Waals surface area contributed by atoms with Gasteiger partial charge in [0, 0.05) is 0 Å². The number of aryl methyl sites for hydroxylation is 3. The fourth-order valence-corrected chi connectivity index (χ4v) is 2.90. The molecule has 1 atom stereocenters. The van der Waals surface area contributed by atoms with Gasteiger partial charge in [0.25, 0.3) is 0 Å². The van der Waals surface area contributed by atoms with Crippen molar-refractivity contribution in [3.63, 3.8) is 0 Å². The Balaban J connectivity index is 2.67. The molecule has 0 amide bonds. The molecule has 0 aliphatic rings. The first-order valence-electron chi connectivity index (χ1n) is 7.96. The molecule has 114 valence electrons. The molecule has 0 radical (unpaired) electrons. The first-order chi connectivity index (χ1) is 9.62. The molecule has 20 heavy (non-hydrogen) atoms. The van der Waals surface area contributed by atoms with Crippen LogP contribution in [0.2, 0.25) is 0 Å². The summed E-state index contributed by atoms with van der Waals surface area (Å²) < 4.78 is 6.13. The van der Waals surface area contributed by atoms with Crippen LogP contribution in [0.15, 0.2) is 12.1 Å². The maximum Gasteiger partial charge on any atom is 0.125 e. The van der Waals surface area contributed by atoms with Crippen LogP contribution in [0.25, 0.3) is 0 Å². The molecule has 1 aromatic carbocycles. The van der Waals surface area contributed by atoms with Crippen molar-refractivity contribution in [3.05, 3.63) is 28.8 Å². The van der Waals surface area contributed by atoms with Gasteiger partial charge in [-0.05, 0) is 55.1 Å². The molecule has 0 aliphatic carbocycles. The average molecular weight is 295 g/mol. The molecule has 0 heterocycles. The highest BCUT2D eigenvalue weighted by molar-refractivity contribution is 7.80. The zero-order valence-corrected chi connectivity index (χ0v) is 14.4. The summed E-state index contributed by atoms with van der Waals surface area (Å²) in [6.07, 6.45) is 6.09. The molecular formula is C18H30OS. The van der Waals surface area contributed by atoms with E-state index in [2.05, 4.69) is 52.5 Å². The third kappa shape index (κ3) is 5.40. The summed E-state index contributed by atoms with van der Waals surface area (Å²) in [5, 5.41) is 0. The van der Waals surface area contributed by atoms with Crippen LogP contribution in [0.4, 0.5) is 0 Å². The van der Waals surface area contributed by atoms with Crippen LogP contribution >= 0.6 is 12.6 Å². The maximum absolute atomic E-state index is 6.13. The summed E-state index contributed by atoms with van der Waals surface area (Å²) in [5.41, 5.74) is 3.87. The van der Waals surface area contributed by atoms with E-state index in [9.17, 15) is 0 Å². The standard InChI is InChI=1S/C18H30OS/c1-5-7-8-16(6-2)13-19-18-14(3)11-17(9-10-20)12-15(18)4/h11-12,16,20H,5-10,13H2,1-4H3. The molecule has 1 rings (SSSR count). The number of benzene rings is 1. The van der Waals surface area contributed by atoms with Crippen molar-refractivity contribution >= 4 is 12.6 Å². The minimum absolute atomic E-state index is 0.686. The lowest BCUT2D eigenvalue weighted by molar-refractivity contribution is 0.231. The quantitative estimate of drug-likeness (QED) is 0.602. The van der Waals surface area contributed by atoms with Gasteiger partial charge in [-0.25, -0.2) is 0 Å². The SMILES string of the molecule is CCCCC(CC)COc1c(C)cc(CCS)cc1C. The molecule has 0 bridgehead atoms. The molecule has 0 saturated carbocycles. The lowest BCUT2D eigenvalue weighted by atomic mass is 10.00. The molecule has 0 spiro atoms. The maximum atomic E-state index is 6.13. The topological polar surface area (TPSA) is 9.23 Å². The average Bonchev–Trinajstić information content (AvgIpc) is 2.41. The van der Waals surface area contributed by atoms with Crippen LogP contribution in [0.3, 0.4) is 0 Å². The molecule has 1 aromatic rings. The summed E-state index contributed by atoms with van der Waals surface area (Å²) in [4.78, 5) is 0. The van der Waals surface area contributed by atoms with E-state index in [0.717, 1.165) is 24.5 Å². The van der Waals surface area contributed by atoms with Gasteiger partial charge in [-0.1, -0.05) is 45.2 Å². The van der Waals surface area contributed by atoms with Gasteiger partial charge >= 0.3 is 0 Å². The van der Waals surface area contributed by atoms with Crippen molar-refractivity contribution < 1.29 is 4.74 Å². The van der Waals surface area contributed by atoms with E-state index in [-0.39, 0.29) is 0 Å². The van der Waals surface area contributed by atoms with Crippen LogP contribution in [0, 0.1) is 19.8 Å². The Morgan fingerprint density at radius 2 is 1.80 bits per heavy atom. The first kappa shape index (κ1) is 17.4. The summed E-state index contributed by atoms with van der Waals surface area (Å²) in [6.45, 7) is 9.67. The molecular weight excluding hydrogens is 264 g/mol. The van der Waals surface area contributed by atoms with Gasteiger partial charge in [-0.3, -0.25) is 0 Å². The van der Waals surface area contributed by atoms with Gasteiger partial charge in [-0.15, -0.1) is 0 Å². The molecule has 0 N–H and O–H groups in total. The Morgan fingerprint density at radius 1 is 1.15 bits per heavy atom. The number of ether oxygens (including phenoxy) is 1. The van der Waals surface area contributed by atoms with Gasteiger partial charge in [0.1, 0.15) is 5.75 Å². The summed E-state index contributed by atoms with van der Waals surface area (Å²) in [6, 6.07) is 4.48. The molecule has 0 saturated heterocycles. The van der Waals surface area contributed by atoms with Crippen LogP contribution in [0.5, 0.6) is 5.75 Å². The van der Waals surface area contributed by atoms with Crippen molar-refractivity contribution in [1.29, 1.82) is 0 Å². The fourth-order valence-electron chi connectivity index (χ4n) is 2.64. The third-order valence-corrected chi connectivity index (χ3v) is 4.15.